The molecule has 0 aliphatic rings. The Morgan fingerprint density at radius 2 is 1.94 bits per heavy atom. The molecule has 0 fully saturated rings. The van der Waals surface area contributed by atoms with Crippen molar-refractivity contribution in [1.82, 2.24) is 9.55 Å². The lowest BCUT2D eigenvalue weighted by atomic mass is 10.0. The molecule has 0 unspecified atom stereocenters. The summed E-state index contributed by atoms with van der Waals surface area (Å²) in [5.41, 5.74) is 4.55. The minimum atomic E-state index is -3.80. The second kappa shape index (κ2) is 8.14. The van der Waals surface area contributed by atoms with Gasteiger partial charge in [-0.3, -0.25) is 0 Å². The molecule has 0 atom stereocenters. The second-order valence-electron chi connectivity index (χ2n) is 7.51. The predicted octanol–water partition coefficient (Wildman–Crippen LogP) is 4.11. The third-order valence-electron chi connectivity index (χ3n) is 5.33. The molecule has 162 valence electrons. The summed E-state index contributed by atoms with van der Waals surface area (Å²) in [7, 11) is -3.80. The number of hydrogen-bond donors (Lipinski definition) is 1. The molecule has 0 saturated carbocycles. The molecule has 7 nitrogen and oxygen atoms in total. The zero-order chi connectivity index (χ0) is 22.3. The molecule has 2 aromatic heterocycles. The van der Waals surface area contributed by atoms with Crippen LogP contribution in [0, 0.1) is 13.8 Å². The molecule has 0 aliphatic heterocycles. The van der Waals surface area contributed by atoms with Crippen LogP contribution in [0.3, 0.4) is 0 Å². The fourth-order valence-electron chi connectivity index (χ4n) is 3.60. The van der Waals surface area contributed by atoms with E-state index in [0.29, 0.717) is 16.9 Å². The van der Waals surface area contributed by atoms with Gasteiger partial charge in [-0.05, 0) is 55.2 Å². The smallest absolute Gasteiger partial charge is 0.336 e. The van der Waals surface area contributed by atoms with Gasteiger partial charge in [-0.1, -0.05) is 30.8 Å². The lowest BCUT2D eigenvalue weighted by Crippen LogP contribution is -2.11. The number of thioether (sulfide) groups is 1. The van der Waals surface area contributed by atoms with E-state index in [4.69, 9.17) is 9.56 Å². The maximum Gasteiger partial charge on any atom is 0.336 e. The van der Waals surface area contributed by atoms with Gasteiger partial charge in [0.15, 0.2) is 5.16 Å². The van der Waals surface area contributed by atoms with Crippen LogP contribution in [0.2, 0.25) is 0 Å². The molecule has 0 radical (unpaired) electrons. The van der Waals surface area contributed by atoms with Crippen molar-refractivity contribution >= 4 is 43.8 Å². The van der Waals surface area contributed by atoms with Gasteiger partial charge in [0.2, 0.25) is 10.0 Å². The van der Waals surface area contributed by atoms with Crippen LogP contribution in [0.15, 0.2) is 55.7 Å². The summed E-state index contributed by atoms with van der Waals surface area (Å²) >= 11 is 1.50. The number of aromatic nitrogens is 2. The molecule has 4 rings (SSSR count). The fraction of sp³-hybridized carbons (Fsp3) is 0.273. The summed E-state index contributed by atoms with van der Waals surface area (Å²) in [5.74, 6) is 0.527. The van der Waals surface area contributed by atoms with Crippen LogP contribution < -0.4 is 10.8 Å². The highest BCUT2D eigenvalue weighted by molar-refractivity contribution is 7.98. The van der Waals surface area contributed by atoms with Crippen molar-refractivity contribution in [2.24, 2.45) is 5.14 Å². The SMILES string of the molecule is CCCn1c(SCc2cc(=O)oc3c(C)c(C)ccc23)nc2cc(S(N)(=O)=O)ccc21. The Morgan fingerprint density at radius 3 is 2.65 bits per heavy atom. The Kier molecular flexibility index (Phi) is 5.67. The van der Waals surface area contributed by atoms with Crippen LogP contribution in [0.1, 0.15) is 30.0 Å². The predicted molar refractivity (Wildman–Crippen MR) is 123 cm³/mol. The topological polar surface area (TPSA) is 108 Å². The first kappa shape index (κ1) is 21.6. The molecule has 2 heterocycles. The minimum absolute atomic E-state index is 0.0372. The van der Waals surface area contributed by atoms with Gasteiger partial charge in [0.1, 0.15) is 5.58 Å². The molecule has 0 saturated heterocycles. The maximum absolute atomic E-state index is 12.2. The maximum atomic E-state index is 12.2. The van der Waals surface area contributed by atoms with Crippen molar-refractivity contribution in [2.75, 3.05) is 0 Å². The van der Waals surface area contributed by atoms with Crippen LogP contribution in [-0.2, 0) is 22.3 Å². The van der Waals surface area contributed by atoms with Gasteiger partial charge in [-0.25, -0.2) is 23.3 Å². The largest absolute Gasteiger partial charge is 0.422 e. The Morgan fingerprint density at radius 1 is 1.16 bits per heavy atom. The van der Waals surface area contributed by atoms with E-state index in [1.54, 1.807) is 6.07 Å². The summed E-state index contributed by atoms with van der Waals surface area (Å²) in [5, 5.41) is 6.94. The number of nitrogens with zero attached hydrogens (tertiary/aromatic N) is 2. The number of aryl methyl sites for hydroxylation is 3. The van der Waals surface area contributed by atoms with Crippen molar-refractivity contribution < 1.29 is 12.8 Å². The number of imidazole rings is 1. The number of benzene rings is 2. The average molecular weight is 458 g/mol. The highest BCUT2D eigenvalue weighted by Gasteiger charge is 2.16. The number of rotatable bonds is 6. The monoisotopic (exact) mass is 457 g/mol. The number of fused-ring (bicyclic) bond motifs is 2. The molecule has 2 N–H and O–H groups in total. The Balaban J connectivity index is 1.76. The molecule has 31 heavy (non-hydrogen) atoms. The van der Waals surface area contributed by atoms with E-state index in [1.807, 2.05) is 26.0 Å². The molecular formula is C22H23N3O4S2. The van der Waals surface area contributed by atoms with E-state index in [0.717, 1.165) is 45.7 Å². The van der Waals surface area contributed by atoms with Crippen molar-refractivity contribution in [3.63, 3.8) is 0 Å². The van der Waals surface area contributed by atoms with Gasteiger partial charge in [0.05, 0.1) is 15.9 Å². The third-order valence-corrected chi connectivity index (χ3v) is 7.27. The van der Waals surface area contributed by atoms with E-state index in [-0.39, 0.29) is 10.5 Å². The summed E-state index contributed by atoms with van der Waals surface area (Å²) < 4.78 is 31.0. The molecule has 0 bridgehead atoms. The molecule has 0 aliphatic carbocycles. The second-order valence-corrected chi connectivity index (χ2v) is 10.0. The van der Waals surface area contributed by atoms with Crippen molar-refractivity contribution in [2.45, 2.75) is 49.5 Å². The van der Waals surface area contributed by atoms with Crippen LogP contribution in [-0.4, -0.2) is 18.0 Å². The van der Waals surface area contributed by atoms with E-state index in [1.165, 1.54) is 30.0 Å². The molecular weight excluding hydrogens is 434 g/mol. The van der Waals surface area contributed by atoms with E-state index in [2.05, 4.69) is 16.5 Å². The highest BCUT2D eigenvalue weighted by atomic mass is 32.2. The number of hydrogen-bond acceptors (Lipinski definition) is 6. The summed E-state index contributed by atoms with van der Waals surface area (Å²) in [4.78, 5) is 16.9. The Bertz CT molecular complexity index is 1470. The van der Waals surface area contributed by atoms with Gasteiger partial charge in [0.25, 0.3) is 0 Å². The first-order chi connectivity index (χ1) is 14.7. The van der Waals surface area contributed by atoms with E-state index >= 15 is 0 Å². The molecule has 0 spiro atoms. The van der Waals surface area contributed by atoms with Crippen LogP contribution >= 0.6 is 11.8 Å². The highest BCUT2D eigenvalue weighted by Crippen LogP contribution is 2.31. The van der Waals surface area contributed by atoms with Crippen molar-refractivity contribution in [3.05, 3.63) is 63.5 Å². The Labute approximate surface area is 184 Å². The van der Waals surface area contributed by atoms with Crippen molar-refractivity contribution in [1.29, 1.82) is 0 Å². The van der Waals surface area contributed by atoms with Crippen molar-refractivity contribution in [3.8, 4) is 0 Å². The summed E-state index contributed by atoms with van der Waals surface area (Å²) in [6, 6.07) is 10.3. The first-order valence-electron chi connectivity index (χ1n) is 9.88. The number of primary sulfonamides is 1. The normalized spacial score (nSPS) is 12.1. The van der Waals surface area contributed by atoms with E-state index in [9.17, 15) is 13.2 Å². The third kappa shape index (κ3) is 4.13. The first-order valence-corrected chi connectivity index (χ1v) is 12.4. The average Bonchev–Trinajstić information content (AvgIpc) is 3.06. The van der Waals surface area contributed by atoms with Crippen LogP contribution in [0.25, 0.3) is 22.0 Å². The van der Waals surface area contributed by atoms with Gasteiger partial charge in [-0.15, -0.1) is 0 Å². The van der Waals surface area contributed by atoms with Gasteiger partial charge >= 0.3 is 5.63 Å². The van der Waals surface area contributed by atoms with Gasteiger partial charge in [-0.2, -0.15) is 0 Å². The molecule has 0 amide bonds. The number of nitrogens with two attached hydrogens (primary N) is 1. The lowest BCUT2D eigenvalue weighted by molar-refractivity contribution is 0.557. The zero-order valence-corrected chi connectivity index (χ0v) is 19.1. The summed E-state index contributed by atoms with van der Waals surface area (Å²) in [6.45, 7) is 6.74. The van der Waals surface area contributed by atoms with Crippen LogP contribution in [0.4, 0.5) is 0 Å². The number of sulfonamides is 1. The minimum Gasteiger partial charge on any atom is -0.422 e. The summed E-state index contributed by atoms with van der Waals surface area (Å²) in [6.07, 6.45) is 0.895. The molecule has 2 aromatic carbocycles. The zero-order valence-electron chi connectivity index (χ0n) is 17.5. The van der Waals surface area contributed by atoms with Gasteiger partial charge < -0.3 is 8.98 Å². The standard InChI is InChI=1S/C22H23N3O4S2/c1-4-9-25-19-8-6-16(31(23,27)28)11-18(19)24-22(25)30-12-15-10-20(26)29-21-14(3)13(2)5-7-17(15)21/h5-8,10-11H,4,9,12H2,1-3H3,(H2,23,27,28). The van der Waals surface area contributed by atoms with Gasteiger partial charge in [0, 0.05) is 23.8 Å². The quantitative estimate of drug-likeness (QED) is 0.345. The molecule has 9 heteroatoms. The van der Waals surface area contributed by atoms with Crippen LogP contribution in [0.5, 0.6) is 0 Å². The lowest BCUT2D eigenvalue weighted by Gasteiger charge is -2.10. The van der Waals surface area contributed by atoms with E-state index < -0.39 is 10.0 Å². The fourth-order valence-corrected chi connectivity index (χ4v) is 5.17. The molecule has 4 aromatic rings. The Hall–Kier alpha value is -2.62.